The molecule has 0 aliphatic rings. The van der Waals surface area contributed by atoms with E-state index in [2.05, 4.69) is 31.9 Å². The molecule has 0 spiro atoms. The summed E-state index contributed by atoms with van der Waals surface area (Å²) in [6, 6.07) is 8.30. The Labute approximate surface area is 105 Å². The first-order chi connectivity index (χ1) is 7.89. The van der Waals surface area contributed by atoms with Gasteiger partial charge in [0.2, 0.25) is 0 Å². The maximum atomic E-state index is 5.87. The Bertz CT molecular complexity index is 361. The van der Waals surface area contributed by atoms with Crippen molar-refractivity contribution < 1.29 is 4.74 Å². The zero-order valence-electron chi connectivity index (χ0n) is 11.5. The first kappa shape index (κ1) is 14.0. The number of nitrogens with zero attached hydrogens (tertiary/aromatic N) is 1. The van der Waals surface area contributed by atoms with Gasteiger partial charge in [0.15, 0.2) is 0 Å². The normalized spacial score (nSPS) is 13.8. The van der Waals surface area contributed by atoms with Crippen molar-refractivity contribution in [3.8, 4) is 5.75 Å². The van der Waals surface area contributed by atoms with E-state index in [-0.39, 0.29) is 11.6 Å². The maximum Gasteiger partial charge on any atom is 0.123 e. The number of methoxy groups -OCH3 is 1. The summed E-state index contributed by atoms with van der Waals surface area (Å²) in [4.78, 5) is 2.26. The third kappa shape index (κ3) is 3.20. The van der Waals surface area contributed by atoms with Crippen LogP contribution in [0.2, 0.25) is 0 Å². The summed E-state index contributed by atoms with van der Waals surface area (Å²) in [5, 5.41) is 0. The molecule has 3 nitrogen and oxygen atoms in total. The van der Waals surface area contributed by atoms with Gasteiger partial charge < -0.3 is 10.5 Å². The molecule has 0 radical (unpaired) electrons. The second kappa shape index (κ2) is 5.52. The van der Waals surface area contributed by atoms with E-state index in [9.17, 15) is 0 Å². The van der Waals surface area contributed by atoms with E-state index >= 15 is 0 Å². The smallest absolute Gasteiger partial charge is 0.123 e. The Morgan fingerprint density at radius 1 is 1.35 bits per heavy atom. The van der Waals surface area contributed by atoms with Crippen LogP contribution in [0.5, 0.6) is 5.75 Å². The first-order valence-electron chi connectivity index (χ1n) is 6.00. The van der Waals surface area contributed by atoms with Crippen LogP contribution in [0.15, 0.2) is 24.3 Å². The molecule has 96 valence electrons. The molecule has 2 N–H and O–H groups in total. The monoisotopic (exact) mass is 236 g/mol. The fourth-order valence-electron chi connectivity index (χ4n) is 2.02. The van der Waals surface area contributed by atoms with Gasteiger partial charge in [0.25, 0.3) is 0 Å². The number of hydrogen-bond acceptors (Lipinski definition) is 3. The van der Waals surface area contributed by atoms with E-state index in [1.165, 1.54) is 5.56 Å². The zero-order valence-corrected chi connectivity index (χ0v) is 11.5. The summed E-state index contributed by atoms with van der Waals surface area (Å²) in [5.41, 5.74) is 6.95. The minimum absolute atomic E-state index is 0.0970. The highest BCUT2D eigenvalue weighted by atomic mass is 16.5. The van der Waals surface area contributed by atoms with Gasteiger partial charge in [0, 0.05) is 23.7 Å². The van der Waals surface area contributed by atoms with Crippen molar-refractivity contribution in [1.82, 2.24) is 4.90 Å². The Balaban J connectivity index is 3.02. The van der Waals surface area contributed by atoms with E-state index in [1.807, 2.05) is 25.1 Å². The van der Waals surface area contributed by atoms with E-state index in [1.54, 1.807) is 7.11 Å². The molecule has 0 amide bonds. The van der Waals surface area contributed by atoms with Crippen LogP contribution in [-0.2, 0) is 5.54 Å². The quantitative estimate of drug-likeness (QED) is 0.852. The van der Waals surface area contributed by atoms with Crippen LogP contribution in [0.4, 0.5) is 0 Å². The number of benzene rings is 1. The molecule has 0 saturated carbocycles. The average molecular weight is 236 g/mol. The second-order valence-electron chi connectivity index (χ2n) is 5.12. The molecule has 0 aromatic heterocycles. The fraction of sp³-hybridized carbons (Fsp3) is 0.571. The number of rotatable bonds is 5. The van der Waals surface area contributed by atoms with Crippen molar-refractivity contribution in [1.29, 1.82) is 0 Å². The van der Waals surface area contributed by atoms with Crippen LogP contribution in [0.1, 0.15) is 26.3 Å². The van der Waals surface area contributed by atoms with Crippen LogP contribution in [-0.4, -0.2) is 31.6 Å². The number of para-hydroxylation sites is 1. The molecule has 0 saturated heterocycles. The predicted molar refractivity (Wildman–Crippen MR) is 72.3 cm³/mol. The summed E-state index contributed by atoms with van der Waals surface area (Å²) in [7, 11) is 3.80. The van der Waals surface area contributed by atoms with Crippen molar-refractivity contribution in [2.45, 2.75) is 32.4 Å². The Morgan fingerprint density at radius 3 is 2.47 bits per heavy atom. The molecule has 0 aliphatic heterocycles. The van der Waals surface area contributed by atoms with Gasteiger partial charge in [-0.2, -0.15) is 0 Å². The Morgan fingerprint density at radius 2 is 1.94 bits per heavy atom. The summed E-state index contributed by atoms with van der Waals surface area (Å²) in [6.45, 7) is 7.25. The molecule has 1 atom stereocenters. The minimum Gasteiger partial charge on any atom is -0.496 e. The molecule has 1 aromatic rings. The van der Waals surface area contributed by atoms with Crippen molar-refractivity contribution in [2.24, 2.45) is 5.73 Å². The van der Waals surface area contributed by atoms with Gasteiger partial charge in [0.05, 0.1) is 7.11 Å². The lowest BCUT2D eigenvalue weighted by atomic mass is 9.91. The topological polar surface area (TPSA) is 38.5 Å². The zero-order chi connectivity index (χ0) is 13.1. The van der Waals surface area contributed by atoms with Crippen molar-refractivity contribution in [3.63, 3.8) is 0 Å². The van der Waals surface area contributed by atoms with Crippen LogP contribution in [0.3, 0.4) is 0 Å². The van der Waals surface area contributed by atoms with Gasteiger partial charge in [-0.3, -0.25) is 4.90 Å². The number of ether oxygens (including phenoxy) is 1. The molecule has 3 heteroatoms. The fourth-order valence-corrected chi connectivity index (χ4v) is 2.02. The van der Waals surface area contributed by atoms with Crippen LogP contribution < -0.4 is 10.5 Å². The lowest BCUT2D eigenvalue weighted by Gasteiger charge is -2.37. The van der Waals surface area contributed by atoms with Crippen molar-refractivity contribution >= 4 is 0 Å². The summed E-state index contributed by atoms with van der Waals surface area (Å²) < 4.78 is 5.43. The van der Waals surface area contributed by atoms with Gasteiger partial charge in [-0.25, -0.2) is 0 Å². The highest BCUT2D eigenvalue weighted by Crippen LogP contribution is 2.33. The molecule has 0 fully saturated rings. The summed E-state index contributed by atoms with van der Waals surface area (Å²) >= 11 is 0. The van der Waals surface area contributed by atoms with Gasteiger partial charge in [0.1, 0.15) is 5.75 Å². The maximum absolute atomic E-state index is 5.87. The molecule has 0 aliphatic carbocycles. The molecule has 1 rings (SSSR count). The number of nitrogens with two attached hydrogens (primary N) is 1. The Hall–Kier alpha value is -1.06. The lowest BCUT2D eigenvalue weighted by molar-refractivity contribution is 0.146. The predicted octanol–water partition coefficient (Wildman–Crippen LogP) is 2.21. The van der Waals surface area contributed by atoms with Crippen LogP contribution >= 0.6 is 0 Å². The highest BCUT2D eigenvalue weighted by Gasteiger charge is 2.28. The largest absolute Gasteiger partial charge is 0.496 e. The second-order valence-corrected chi connectivity index (χ2v) is 5.12. The molecular weight excluding hydrogens is 212 g/mol. The van der Waals surface area contributed by atoms with Gasteiger partial charge in [-0.1, -0.05) is 18.2 Å². The third-order valence-electron chi connectivity index (χ3n) is 3.28. The highest BCUT2D eigenvalue weighted by molar-refractivity contribution is 5.38. The first-order valence-corrected chi connectivity index (χ1v) is 6.00. The molecular formula is C14H24N2O. The lowest BCUT2D eigenvalue weighted by Crippen LogP contribution is -2.44. The average Bonchev–Trinajstić information content (AvgIpc) is 2.28. The van der Waals surface area contributed by atoms with E-state index < -0.39 is 0 Å². The van der Waals surface area contributed by atoms with Crippen molar-refractivity contribution in [2.75, 3.05) is 20.7 Å². The van der Waals surface area contributed by atoms with Crippen molar-refractivity contribution in [3.05, 3.63) is 29.8 Å². The standard InChI is InChI=1S/C14H24N2O/c1-11(15)10-16(4)14(2,3)12-8-6-7-9-13(12)17-5/h6-9,11H,10,15H2,1-5H3/t11-/m0/s1. The summed E-state index contributed by atoms with van der Waals surface area (Å²) in [6.07, 6.45) is 0. The summed E-state index contributed by atoms with van der Waals surface area (Å²) in [5.74, 6) is 0.925. The van der Waals surface area contributed by atoms with Gasteiger partial charge in [-0.15, -0.1) is 0 Å². The van der Waals surface area contributed by atoms with E-state index in [0.717, 1.165) is 12.3 Å². The minimum atomic E-state index is -0.0970. The molecule has 0 heterocycles. The molecule has 0 unspecified atom stereocenters. The van der Waals surface area contributed by atoms with Crippen LogP contribution in [0, 0.1) is 0 Å². The molecule has 0 bridgehead atoms. The van der Waals surface area contributed by atoms with Gasteiger partial charge >= 0.3 is 0 Å². The van der Waals surface area contributed by atoms with Crippen LogP contribution in [0.25, 0.3) is 0 Å². The number of hydrogen-bond donors (Lipinski definition) is 1. The molecule has 1 aromatic carbocycles. The van der Waals surface area contributed by atoms with E-state index in [0.29, 0.717) is 0 Å². The van der Waals surface area contributed by atoms with E-state index in [4.69, 9.17) is 10.5 Å². The third-order valence-corrected chi connectivity index (χ3v) is 3.28. The molecule has 17 heavy (non-hydrogen) atoms. The van der Waals surface area contributed by atoms with Gasteiger partial charge in [-0.05, 0) is 33.9 Å². The number of likely N-dealkylation sites (N-methyl/N-ethyl adjacent to an activating group) is 1. The SMILES string of the molecule is COc1ccccc1C(C)(C)N(C)C[C@H](C)N. The Kier molecular flexibility index (Phi) is 4.54.